The zero-order valence-corrected chi connectivity index (χ0v) is 13.4. The minimum atomic E-state index is -1.32. The van der Waals surface area contributed by atoms with Crippen molar-refractivity contribution in [2.45, 2.75) is 26.4 Å². The van der Waals surface area contributed by atoms with E-state index in [0.29, 0.717) is 22.7 Å². The molecule has 0 aliphatic carbocycles. The fourth-order valence-corrected chi connectivity index (χ4v) is 2.18. The van der Waals surface area contributed by atoms with Gasteiger partial charge in [0.25, 0.3) is 0 Å². The predicted octanol–water partition coefficient (Wildman–Crippen LogP) is 3.15. The summed E-state index contributed by atoms with van der Waals surface area (Å²) in [7, 11) is 0. The van der Waals surface area contributed by atoms with Crippen molar-refractivity contribution >= 4 is 11.5 Å². The van der Waals surface area contributed by atoms with Crippen molar-refractivity contribution in [1.29, 1.82) is 0 Å². The number of halogens is 1. The number of hydrogen-bond donors (Lipinski definition) is 2. The molecule has 0 spiro atoms. The summed E-state index contributed by atoms with van der Waals surface area (Å²) in [6.07, 6.45) is 1.31. The Labute approximate surface area is 134 Å². The van der Waals surface area contributed by atoms with Gasteiger partial charge in [-0.2, -0.15) is 0 Å². The fourth-order valence-electron chi connectivity index (χ4n) is 2.18. The predicted molar refractivity (Wildman–Crippen MR) is 86.1 cm³/mol. The van der Waals surface area contributed by atoms with E-state index >= 15 is 0 Å². The van der Waals surface area contributed by atoms with Crippen molar-refractivity contribution in [2.75, 3.05) is 6.54 Å². The first-order valence-corrected chi connectivity index (χ1v) is 7.30. The number of nitrogens with one attached hydrogen (secondary N) is 1. The second kappa shape index (κ2) is 6.79. The van der Waals surface area contributed by atoms with Crippen LogP contribution in [0, 0.1) is 12.7 Å². The zero-order valence-electron chi connectivity index (χ0n) is 13.4. The molecule has 0 bridgehead atoms. The van der Waals surface area contributed by atoms with Gasteiger partial charge in [0.15, 0.2) is 0 Å². The molecule has 1 aromatic heterocycles. The van der Waals surface area contributed by atoms with E-state index in [1.807, 2.05) is 0 Å². The highest BCUT2D eigenvalue weighted by Crippen LogP contribution is 2.22. The third-order valence-corrected chi connectivity index (χ3v) is 3.52. The number of allylic oxidation sites excluding steroid dienone is 1. The van der Waals surface area contributed by atoms with Crippen LogP contribution < -0.4 is 5.32 Å². The van der Waals surface area contributed by atoms with Crippen molar-refractivity contribution in [3.63, 3.8) is 0 Å². The molecule has 1 heterocycles. The maximum atomic E-state index is 13.7. The SMILES string of the molecule is CC(=CC(=O)NCC(C)(O)c1ccc(C)o1)c1ccccc1F. The third kappa shape index (κ3) is 4.29. The van der Waals surface area contributed by atoms with E-state index in [2.05, 4.69) is 5.32 Å². The van der Waals surface area contributed by atoms with Crippen molar-refractivity contribution in [3.05, 3.63) is 65.4 Å². The molecule has 23 heavy (non-hydrogen) atoms. The van der Waals surface area contributed by atoms with Crippen LogP contribution >= 0.6 is 0 Å². The largest absolute Gasteiger partial charge is 0.463 e. The highest BCUT2D eigenvalue weighted by Gasteiger charge is 2.27. The van der Waals surface area contributed by atoms with Gasteiger partial charge >= 0.3 is 0 Å². The zero-order chi connectivity index (χ0) is 17.0. The number of amides is 1. The highest BCUT2D eigenvalue weighted by molar-refractivity contribution is 5.94. The summed E-state index contributed by atoms with van der Waals surface area (Å²) in [6.45, 7) is 4.98. The van der Waals surface area contributed by atoms with E-state index in [1.165, 1.54) is 12.1 Å². The molecule has 1 unspecified atom stereocenters. The van der Waals surface area contributed by atoms with Gasteiger partial charge in [0.2, 0.25) is 5.91 Å². The summed E-state index contributed by atoms with van der Waals surface area (Å²) < 4.78 is 19.0. The first-order chi connectivity index (χ1) is 10.8. The Morgan fingerprint density at radius 1 is 1.35 bits per heavy atom. The average molecular weight is 317 g/mol. The molecule has 0 saturated heterocycles. The molecule has 1 atom stereocenters. The number of hydrogen-bond acceptors (Lipinski definition) is 3. The van der Waals surface area contributed by atoms with Gasteiger partial charge < -0.3 is 14.8 Å². The molecule has 0 radical (unpaired) electrons. The molecule has 5 heteroatoms. The van der Waals surface area contributed by atoms with Crippen LogP contribution in [0.25, 0.3) is 5.57 Å². The second-order valence-electron chi connectivity index (χ2n) is 5.71. The quantitative estimate of drug-likeness (QED) is 0.833. The number of aryl methyl sites for hydroxylation is 1. The monoisotopic (exact) mass is 317 g/mol. The first-order valence-electron chi connectivity index (χ1n) is 7.30. The molecular formula is C18H20FNO3. The van der Waals surface area contributed by atoms with E-state index in [0.717, 1.165) is 0 Å². The van der Waals surface area contributed by atoms with Crippen LogP contribution in [0.5, 0.6) is 0 Å². The number of carbonyl (C=O) groups is 1. The number of benzene rings is 1. The lowest BCUT2D eigenvalue weighted by atomic mass is 10.0. The Kier molecular flexibility index (Phi) is 5.01. The molecule has 0 fully saturated rings. The number of furan rings is 1. The molecule has 122 valence electrons. The maximum Gasteiger partial charge on any atom is 0.244 e. The minimum absolute atomic E-state index is 0.0140. The number of rotatable bonds is 5. The fraction of sp³-hybridized carbons (Fsp3) is 0.278. The number of carbonyl (C=O) groups excluding carboxylic acids is 1. The highest BCUT2D eigenvalue weighted by atomic mass is 19.1. The third-order valence-electron chi connectivity index (χ3n) is 3.52. The Bertz CT molecular complexity index is 731. The van der Waals surface area contributed by atoms with Gasteiger partial charge in [-0.25, -0.2) is 4.39 Å². The molecule has 1 amide bonds. The smallest absolute Gasteiger partial charge is 0.244 e. The molecule has 4 nitrogen and oxygen atoms in total. The van der Waals surface area contributed by atoms with Gasteiger partial charge in [-0.15, -0.1) is 0 Å². The molecule has 0 saturated carbocycles. The summed E-state index contributed by atoms with van der Waals surface area (Å²) >= 11 is 0. The molecule has 0 aliphatic heterocycles. The summed E-state index contributed by atoms with van der Waals surface area (Å²) in [5, 5.41) is 13.0. The van der Waals surface area contributed by atoms with Gasteiger partial charge in [-0.1, -0.05) is 18.2 Å². The molecular weight excluding hydrogens is 297 g/mol. The molecule has 0 aliphatic rings. The molecule has 1 aromatic carbocycles. The Morgan fingerprint density at radius 2 is 2.04 bits per heavy atom. The van der Waals surface area contributed by atoms with Crippen LogP contribution in [-0.4, -0.2) is 17.6 Å². The van der Waals surface area contributed by atoms with Crippen LogP contribution in [0.1, 0.15) is 30.9 Å². The van der Waals surface area contributed by atoms with Gasteiger partial charge in [-0.05, 0) is 44.5 Å². The van der Waals surface area contributed by atoms with E-state index in [1.54, 1.807) is 51.1 Å². The van der Waals surface area contributed by atoms with E-state index < -0.39 is 11.5 Å². The first kappa shape index (κ1) is 17.0. The second-order valence-corrected chi connectivity index (χ2v) is 5.71. The van der Waals surface area contributed by atoms with Crippen LogP contribution in [0.2, 0.25) is 0 Å². The standard InChI is InChI=1S/C18H20FNO3/c1-12(14-6-4-5-7-15(14)19)10-17(21)20-11-18(3,22)16-9-8-13(2)23-16/h4-10,22H,11H2,1-3H3,(H,20,21). The average Bonchev–Trinajstić information content (AvgIpc) is 2.93. The van der Waals surface area contributed by atoms with Crippen LogP contribution in [0.15, 0.2) is 46.9 Å². The lowest BCUT2D eigenvalue weighted by Crippen LogP contribution is -2.37. The summed E-state index contributed by atoms with van der Waals surface area (Å²) in [5.41, 5.74) is -0.436. The van der Waals surface area contributed by atoms with E-state index in [4.69, 9.17) is 4.42 Å². The summed E-state index contributed by atoms with van der Waals surface area (Å²) in [4.78, 5) is 12.0. The Morgan fingerprint density at radius 3 is 2.65 bits per heavy atom. The van der Waals surface area contributed by atoms with Crippen LogP contribution in [0.3, 0.4) is 0 Å². The van der Waals surface area contributed by atoms with Gasteiger partial charge in [-0.3, -0.25) is 4.79 Å². The topological polar surface area (TPSA) is 62.5 Å². The maximum absolute atomic E-state index is 13.7. The van der Waals surface area contributed by atoms with Gasteiger partial charge in [0.05, 0.1) is 6.54 Å². The van der Waals surface area contributed by atoms with Crippen molar-refractivity contribution < 1.29 is 18.7 Å². The normalized spacial score (nSPS) is 14.4. The number of aliphatic hydroxyl groups is 1. The molecule has 2 N–H and O–H groups in total. The Hall–Kier alpha value is -2.40. The van der Waals surface area contributed by atoms with E-state index in [9.17, 15) is 14.3 Å². The van der Waals surface area contributed by atoms with Crippen LogP contribution in [-0.2, 0) is 10.4 Å². The van der Waals surface area contributed by atoms with Crippen molar-refractivity contribution in [2.24, 2.45) is 0 Å². The van der Waals surface area contributed by atoms with Crippen molar-refractivity contribution in [3.8, 4) is 0 Å². The van der Waals surface area contributed by atoms with E-state index in [-0.39, 0.29) is 12.4 Å². The van der Waals surface area contributed by atoms with Gasteiger partial charge in [0.1, 0.15) is 22.9 Å². The Balaban J connectivity index is 2.02. The van der Waals surface area contributed by atoms with Crippen LogP contribution in [0.4, 0.5) is 4.39 Å². The van der Waals surface area contributed by atoms with Crippen molar-refractivity contribution in [1.82, 2.24) is 5.32 Å². The minimum Gasteiger partial charge on any atom is -0.463 e. The lowest BCUT2D eigenvalue weighted by molar-refractivity contribution is -0.117. The summed E-state index contributed by atoms with van der Waals surface area (Å²) in [5.74, 6) is 0.272. The molecule has 2 rings (SSSR count). The van der Waals surface area contributed by atoms with Gasteiger partial charge in [0, 0.05) is 11.6 Å². The lowest BCUT2D eigenvalue weighted by Gasteiger charge is -2.20. The molecule has 2 aromatic rings. The summed E-state index contributed by atoms with van der Waals surface area (Å²) in [6, 6.07) is 9.66.